The van der Waals surface area contributed by atoms with Crippen molar-refractivity contribution in [1.82, 2.24) is 5.43 Å². The summed E-state index contributed by atoms with van der Waals surface area (Å²) < 4.78 is 37.9. The third-order valence-electron chi connectivity index (χ3n) is 3.02. The summed E-state index contributed by atoms with van der Waals surface area (Å²) in [5, 5.41) is 0.159. The molecule has 0 heterocycles. The Morgan fingerprint density at radius 3 is 2.46 bits per heavy atom. The summed E-state index contributed by atoms with van der Waals surface area (Å²) in [6, 6.07) is 11.6. The Kier molecular flexibility index (Phi) is 6.01. The first-order valence-electron chi connectivity index (χ1n) is 6.91. The molecule has 128 valence electrons. The van der Waals surface area contributed by atoms with Crippen molar-refractivity contribution in [2.24, 2.45) is 0 Å². The summed E-state index contributed by atoms with van der Waals surface area (Å²) >= 11 is 7.11. The molecule has 0 aliphatic carbocycles. The van der Waals surface area contributed by atoms with E-state index in [2.05, 4.69) is 10.9 Å². The number of hydrogen-bond donors (Lipinski definition) is 2. The molecule has 0 aromatic heterocycles. The number of anilines is 1. The Bertz CT molecular complexity index is 707. The molecule has 2 aromatic carbocycles. The molecular formula is C16H14ClF3N2OS. The fourth-order valence-electron chi connectivity index (χ4n) is 1.78. The van der Waals surface area contributed by atoms with E-state index in [0.29, 0.717) is 5.02 Å². The number of amides is 1. The third-order valence-corrected chi connectivity index (χ3v) is 4.38. The molecule has 8 heteroatoms. The van der Waals surface area contributed by atoms with Crippen molar-refractivity contribution in [3.05, 3.63) is 59.1 Å². The monoisotopic (exact) mass is 374 g/mol. The van der Waals surface area contributed by atoms with Crippen LogP contribution in [0.25, 0.3) is 0 Å². The maximum atomic E-state index is 12.6. The minimum Gasteiger partial charge on any atom is -0.299 e. The first-order valence-corrected chi connectivity index (χ1v) is 8.17. The molecule has 24 heavy (non-hydrogen) atoms. The summed E-state index contributed by atoms with van der Waals surface area (Å²) in [6.07, 6.45) is -4.43. The topological polar surface area (TPSA) is 41.1 Å². The number of nitrogens with one attached hydrogen (secondary N) is 2. The average molecular weight is 375 g/mol. The molecular weight excluding hydrogens is 361 g/mol. The highest BCUT2D eigenvalue weighted by Gasteiger charge is 2.30. The maximum Gasteiger partial charge on any atom is 0.416 e. The van der Waals surface area contributed by atoms with Gasteiger partial charge >= 0.3 is 6.18 Å². The van der Waals surface area contributed by atoms with Crippen LogP contribution in [0.1, 0.15) is 12.5 Å². The highest BCUT2D eigenvalue weighted by molar-refractivity contribution is 8.00. The highest BCUT2D eigenvalue weighted by Crippen LogP contribution is 2.30. The Labute approximate surface area is 146 Å². The first-order chi connectivity index (χ1) is 11.3. The number of halogens is 4. The molecule has 0 fully saturated rings. The van der Waals surface area contributed by atoms with Crippen molar-refractivity contribution >= 4 is 35.0 Å². The predicted molar refractivity (Wildman–Crippen MR) is 90.0 cm³/mol. The lowest BCUT2D eigenvalue weighted by Gasteiger charge is -2.14. The Morgan fingerprint density at radius 2 is 1.83 bits per heavy atom. The van der Waals surface area contributed by atoms with Gasteiger partial charge in [0.1, 0.15) is 0 Å². The van der Waals surface area contributed by atoms with Gasteiger partial charge in [-0.05, 0) is 49.4 Å². The van der Waals surface area contributed by atoms with Crippen LogP contribution in [0.5, 0.6) is 0 Å². The van der Waals surface area contributed by atoms with Crippen molar-refractivity contribution in [3.8, 4) is 0 Å². The molecule has 0 spiro atoms. The van der Waals surface area contributed by atoms with E-state index in [9.17, 15) is 18.0 Å². The van der Waals surface area contributed by atoms with Gasteiger partial charge in [0.2, 0.25) is 0 Å². The zero-order valence-electron chi connectivity index (χ0n) is 12.5. The van der Waals surface area contributed by atoms with E-state index in [1.807, 2.05) is 0 Å². The smallest absolute Gasteiger partial charge is 0.299 e. The van der Waals surface area contributed by atoms with Gasteiger partial charge in [0.25, 0.3) is 5.91 Å². The second kappa shape index (κ2) is 7.81. The molecule has 1 atom stereocenters. The van der Waals surface area contributed by atoms with E-state index in [1.165, 1.54) is 23.9 Å². The largest absolute Gasteiger partial charge is 0.416 e. The van der Waals surface area contributed by atoms with Crippen molar-refractivity contribution in [1.29, 1.82) is 0 Å². The molecule has 0 aliphatic rings. The van der Waals surface area contributed by atoms with Gasteiger partial charge in [-0.3, -0.25) is 15.6 Å². The molecule has 0 saturated carbocycles. The molecule has 3 nitrogen and oxygen atoms in total. The van der Waals surface area contributed by atoms with E-state index in [0.717, 1.165) is 17.0 Å². The number of thioether (sulfide) groups is 1. The quantitative estimate of drug-likeness (QED) is 0.572. The van der Waals surface area contributed by atoms with Gasteiger partial charge in [0, 0.05) is 9.92 Å². The standard InChI is InChI=1S/C16H14ClF3N2OS/c1-10(24-14-7-5-12(17)6-8-14)15(23)22-21-13-4-2-3-11(9-13)16(18,19)20/h2-10,21H,1H3,(H,22,23). The predicted octanol–water partition coefficient (Wildman–Crippen LogP) is 4.98. The SMILES string of the molecule is CC(Sc1ccc(Cl)cc1)C(=O)NNc1cccc(C(F)(F)F)c1. The van der Waals surface area contributed by atoms with Gasteiger partial charge in [-0.25, -0.2) is 0 Å². The number of hydrazine groups is 1. The fraction of sp³-hybridized carbons (Fsp3) is 0.188. The Hall–Kier alpha value is -1.86. The molecule has 2 N–H and O–H groups in total. The molecule has 2 aromatic rings. The summed E-state index contributed by atoms with van der Waals surface area (Å²) in [4.78, 5) is 12.9. The minimum atomic E-state index is -4.43. The van der Waals surface area contributed by atoms with Crippen molar-refractivity contribution in [3.63, 3.8) is 0 Å². The van der Waals surface area contributed by atoms with E-state index < -0.39 is 17.0 Å². The molecule has 0 aliphatic heterocycles. The van der Waals surface area contributed by atoms with Crippen molar-refractivity contribution in [2.45, 2.75) is 23.2 Å². The van der Waals surface area contributed by atoms with E-state index in [4.69, 9.17) is 11.6 Å². The van der Waals surface area contributed by atoms with Crippen LogP contribution < -0.4 is 10.9 Å². The number of carbonyl (C=O) groups is 1. The highest BCUT2D eigenvalue weighted by atomic mass is 35.5. The normalized spacial score (nSPS) is 12.5. The van der Waals surface area contributed by atoms with Crippen LogP contribution in [0.15, 0.2) is 53.4 Å². The van der Waals surface area contributed by atoms with Gasteiger partial charge in [0.05, 0.1) is 16.5 Å². The Morgan fingerprint density at radius 1 is 1.17 bits per heavy atom. The fourth-order valence-corrected chi connectivity index (χ4v) is 2.77. The molecule has 2 rings (SSSR count). The average Bonchev–Trinajstić information content (AvgIpc) is 2.54. The van der Waals surface area contributed by atoms with Crippen LogP contribution in [0, 0.1) is 0 Å². The molecule has 0 saturated heterocycles. The van der Waals surface area contributed by atoms with E-state index in [1.54, 1.807) is 31.2 Å². The lowest BCUT2D eigenvalue weighted by molar-refractivity contribution is -0.137. The van der Waals surface area contributed by atoms with Crippen LogP contribution in [0.3, 0.4) is 0 Å². The van der Waals surface area contributed by atoms with Crippen LogP contribution in [-0.4, -0.2) is 11.2 Å². The number of hydrogen-bond acceptors (Lipinski definition) is 3. The van der Waals surface area contributed by atoms with Crippen molar-refractivity contribution in [2.75, 3.05) is 5.43 Å². The number of rotatable bonds is 5. The molecule has 1 amide bonds. The zero-order chi connectivity index (χ0) is 17.7. The lowest BCUT2D eigenvalue weighted by Crippen LogP contribution is -2.35. The van der Waals surface area contributed by atoms with E-state index in [-0.39, 0.29) is 11.6 Å². The second-order valence-electron chi connectivity index (χ2n) is 4.91. The minimum absolute atomic E-state index is 0.155. The molecule has 1 unspecified atom stereocenters. The summed E-state index contributed by atoms with van der Waals surface area (Å²) in [6.45, 7) is 1.70. The van der Waals surface area contributed by atoms with Gasteiger partial charge in [-0.15, -0.1) is 11.8 Å². The number of carbonyl (C=O) groups excluding carboxylic acids is 1. The zero-order valence-corrected chi connectivity index (χ0v) is 14.1. The number of alkyl halides is 3. The van der Waals surface area contributed by atoms with E-state index >= 15 is 0 Å². The van der Waals surface area contributed by atoms with Gasteiger partial charge in [-0.1, -0.05) is 17.7 Å². The van der Waals surface area contributed by atoms with Gasteiger partial charge in [-0.2, -0.15) is 13.2 Å². The summed E-state index contributed by atoms with van der Waals surface area (Å²) in [5.41, 5.74) is 4.27. The second-order valence-corrected chi connectivity index (χ2v) is 6.76. The van der Waals surface area contributed by atoms with Crippen LogP contribution in [0.4, 0.5) is 18.9 Å². The van der Waals surface area contributed by atoms with Crippen LogP contribution in [-0.2, 0) is 11.0 Å². The third kappa shape index (κ3) is 5.35. The van der Waals surface area contributed by atoms with Gasteiger partial charge in [0.15, 0.2) is 0 Å². The summed E-state index contributed by atoms with van der Waals surface area (Å²) in [7, 11) is 0. The van der Waals surface area contributed by atoms with Crippen LogP contribution in [0.2, 0.25) is 5.02 Å². The molecule has 0 radical (unpaired) electrons. The molecule has 0 bridgehead atoms. The maximum absolute atomic E-state index is 12.6. The van der Waals surface area contributed by atoms with Crippen LogP contribution >= 0.6 is 23.4 Å². The number of benzene rings is 2. The van der Waals surface area contributed by atoms with Crippen molar-refractivity contribution < 1.29 is 18.0 Å². The lowest BCUT2D eigenvalue weighted by atomic mass is 10.2. The first kappa shape index (κ1) is 18.5. The Balaban J connectivity index is 1.91. The van der Waals surface area contributed by atoms with Gasteiger partial charge < -0.3 is 0 Å². The summed E-state index contributed by atoms with van der Waals surface area (Å²) in [5.74, 6) is -0.354.